The van der Waals surface area contributed by atoms with Crippen LogP contribution in [-0.2, 0) is 6.42 Å². The number of unbranched alkanes of at least 4 members (excludes halogenated alkanes) is 3. The number of hydrogen-bond acceptors (Lipinski definition) is 0. The van der Waals surface area contributed by atoms with E-state index in [0.29, 0.717) is 17.9 Å². The molecule has 0 radical (unpaired) electrons. The summed E-state index contributed by atoms with van der Waals surface area (Å²) in [7, 11) is 0. The molecule has 0 atom stereocenters. The van der Waals surface area contributed by atoms with E-state index >= 15 is 0 Å². The second-order valence-electron chi connectivity index (χ2n) is 10.5. The molecule has 0 nitrogen and oxygen atoms in total. The van der Waals surface area contributed by atoms with Crippen LogP contribution in [0.3, 0.4) is 0 Å². The van der Waals surface area contributed by atoms with E-state index in [0.717, 1.165) is 36.3 Å². The monoisotopic (exact) mass is 448 g/mol. The summed E-state index contributed by atoms with van der Waals surface area (Å²) >= 11 is 0. The molecule has 32 heavy (non-hydrogen) atoms. The van der Waals surface area contributed by atoms with Crippen molar-refractivity contribution >= 4 is 0 Å². The lowest BCUT2D eigenvalue weighted by Crippen LogP contribution is -2.26. The zero-order chi connectivity index (χ0) is 22.8. The van der Waals surface area contributed by atoms with Gasteiger partial charge >= 0.3 is 0 Å². The van der Waals surface area contributed by atoms with E-state index in [-0.39, 0.29) is 0 Å². The van der Waals surface area contributed by atoms with Gasteiger partial charge in [0, 0.05) is 0 Å². The van der Waals surface area contributed by atoms with Gasteiger partial charge in [0.1, 0.15) is 0 Å². The Bertz CT molecular complexity index is 671. The fourth-order valence-corrected chi connectivity index (χ4v) is 6.12. The van der Waals surface area contributed by atoms with Gasteiger partial charge in [-0.15, -0.1) is 0 Å². The molecule has 0 unspecified atom stereocenters. The minimum Gasteiger partial charge on any atom is -0.204 e. The second kappa shape index (κ2) is 13.5. The van der Waals surface area contributed by atoms with Crippen molar-refractivity contribution in [2.24, 2.45) is 23.7 Å². The van der Waals surface area contributed by atoms with Gasteiger partial charge in [-0.1, -0.05) is 64.0 Å². The Labute approximate surface area is 194 Å². The molecule has 0 heterocycles. The summed E-state index contributed by atoms with van der Waals surface area (Å²) in [5, 5.41) is 0. The predicted molar refractivity (Wildman–Crippen MR) is 128 cm³/mol. The molecule has 0 amide bonds. The molecular weight excluding hydrogens is 405 g/mol. The summed E-state index contributed by atoms with van der Waals surface area (Å²) in [6, 6.07) is 2.32. The molecule has 1 aromatic rings. The van der Waals surface area contributed by atoms with Crippen molar-refractivity contribution in [3.63, 3.8) is 0 Å². The van der Waals surface area contributed by atoms with Crippen molar-refractivity contribution in [1.29, 1.82) is 0 Å². The minimum absolute atomic E-state index is 0.582. The van der Waals surface area contributed by atoms with E-state index in [4.69, 9.17) is 0 Å². The number of rotatable bonds is 11. The first kappa shape index (κ1) is 25.4. The third kappa shape index (κ3) is 7.96. The molecule has 3 rings (SSSR count). The lowest BCUT2D eigenvalue weighted by atomic mass is 9.68. The second-order valence-corrected chi connectivity index (χ2v) is 10.5. The SMILES string of the molecule is CCCC=CCCCCC1CCC(C2CCC(CCc3cc(F)c(F)c(F)c3)CC2)CC1. The molecule has 180 valence electrons. The summed E-state index contributed by atoms with van der Waals surface area (Å²) in [4.78, 5) is 0. The van der Waals surface area contributed by atoms with E-state index in [2.05, 4.69) is 19.1 Å². The molecule has 2 fully saturated rings. The first-order valence-corrected chi connectivity index (χ1v) is 13.3. The van der Waals surface area contributed by atoms with Gasteiger partial charge in [-0.25, -0.2) is 13.2 Å². The van der Waals surface area contributed by atoms with Crippen LogP contribution in [0.25, 0.3) is 0 Å². The smallest absolute Gasteiger partial charge is 0.194 e. The molecular formula is C29H43F3. The number of halogens is 3. The average molecular weight is 449 g/mol. The summed E-state index contributed by atoms with van der Waals surface area (Å²) in [5.41, 5.74) is 0.582. The van der Waals surface area contributed by atoms with Crippen LogP contribution in [0.4, 0.5) is 13.2 Å². The van der Waals surface area contributed by atoms with Crippen molar-refractivity contribution in [3.8, 4) is 0 Å². The van der Waals surface area contributed by atoms with Crippen LogP contribution in [0.2, 0.25) is 0 Å². The molecule has 0 aliphatic heterocycles. The highest BCUT2D eigenvalue weighted by atomic mass is 19.2. The third-order valence-corrected chi connectivity index (χ3v) is 8.19. The highest BCUT2D eigenvalue weighted by molar-refractivity contribution is 5.19. The molecule has 2 aliphatic rings. The Balaban J connectivity index is 1.28. The topological polar surface area (TPSA) is 0 Å². The van der Waals surface area contributed by atoms with Crippen molar-refractivity contribution in [3.05, 3.63) is 47.3 Å². The van der Waals surface area contributed by atoms with Crippen molar-refractivity contribution in [2.45, 2.75) is 110 Å². The van der Waals surface area contributed by atoms with Gasteiger partial charge in [-0.05, 0) is 99.2 Å². The fraction of sp³-hybridized carbons (Fsp3) is 0.724. The Kier molecular flexibility index (Phi) is 10.7. The van der Waals surface area contributed by atoms with Crippen LogP contribution >= 0.6 is 0 Å². The van der Waals surface area contributed by atoms with Crippen LogP contribution in [-0.4, -0.2) is 0 Å². The van der Waals surface area contributed by atoms with Crippen molar-refractivity contribution in [1.82, 2.24) is 0 Å². The highest BCUT2D eigenvalue weighted by Crippen LogP contribution is 2.43. The molecule has 2 aliphatic carbocycles. The van der Waals surface area contributed by atoms with Gasteiger partial charge in [0.2, 0.25) is 0 Å². The van der Waals surface area contributed by atoms with Crippen molar-refractivity contribution in [2.75, 3.05) is 0 Å². The first-order valence-electron chi connectivity index (χ1n) is 13.3. The van der Waals surface area contributed by atoms with Gasteiger partial charge < -0.3 is 0 Å². The molecule has 2 saturated carbocycles. The quantitative estimate of drug-likeness (QED) is 0.180. The molecule has 0 bridgehead atoms. The number of benzene rings is 1. The molecule has 3 heteroatoms. The Morgan fingerprint density at radius 3 is 1.81 bits per heavy atom. The lowest BCUT2D eigenvalue weighted by molar-refractivity contribution is 0.140. The van der Waals surface area contributed by atoms with Crippen LogP contribution in [0.5, 0.6) is 0 Å². The van der Waals surface area contributed by atoms with Gasteiger partial charge in [0.15, 0.2) is 17.5 Å². The average Bonchev–Trinajstić information content (AvgIpc) is 2.81. The van der Waals surface area contributed by atoms with Crippen LogP contribution in [0.1, 0.15) is 109 Å². The normalized spacial score (nSPS) is 26.6. The van der Waals surface area contributed by atoms with Gasteiger partial charge in [0.05, 0.1) is 0 Å². The van der Waals surface area contributed by atoms with E-state index < -0.39 is 17.5 Å². The number of hydrogen-bond donors (Lipinski definition) is 0. The first-order chi connectivity index (χ1) is 15.6. The largest absolute Gasteiger partial charge is 0.204 e. The fourth-order valence-electron chi connectivity index (χ4n) is 6.12. The maximum atomic E-state index is 13.4. The molecule has 0 spiro atoms. The summed E-state index contributed by atoms with van der Waals surface area (Å²) in [6.45, 7) is 2.23. The zero-order valence-corrected chi connectivity index (χ0v) is 20.1. The van der Waals surface area contributed by atoms with Gasteiger partial charge in [0.25, 0.3) is 0 Å². The van der Waals surface area contributed by atoms with Gasteiger partial charge in [-0.2, -0.15) is 0 Å². The Morgan fingerprint density at radius 1 is 0.719 bits per heavy atom. The van der Waals surface area contributed by atoms with E-state index in [1.54, 1.807) is 0 Å². The maximum absolute atomic E-state index is 13.4. The van der Waals surface area contributed by atoms with Crippen molar-refractivity contribution < 1.29 is 13.2 Å². The maximum Gasteiger partial charge on any atom is 0.194 e. The molecule has 0 aromatic heterocycles. The minimum atomic E-state index is -1.36. The zero-order valence-electron chi connectivity index (χ0n) is 20.1. The van der Waals surface area contributed by atoms with Crippen LogP contribution in [0, 0.1) is 41.1 Å². The third-order valence-electron chi connectivity index (χ3n) is 8.19. The van der Waals surface area contributed by atoms with Crippen LogP contribution < -0.4 is 0 Å². The molecule has 1 aromatic carbocycles. The summed E-state index contributed by atoms with van der Waals surface area (Å²) < 4.78 is 40.0. The Hall–Kier alpha value is -1.25. The van der Waals surface area contributed by atoms with E-state index in [1.165, 1.54) is 89.9 Å². The summed E-state index contributed by atoms with van der Waals surface area (Å²) in [6.07, 6.45) is 25.0. The predicted octanol–water partition coefficient (Wildman–Crippen LogP) is 9.57. The number of allylic oxidation sites excluding steroid dienone is 2. The Morgan fingerprint density at radius 2 is 1.25 bits per heavy atom. The van der Waals surface area contributed by atoms with E-state index in [1.807, 2.05) is 0 Å². The van der Waals surface area contributed by atoms with Crippen LogP contribution in [0.15, 0.2) is 24.3 Å². The highest BCUT2D eigenvalue weighted by Gasteiger charge is 2.30. The number of aryl methyl sites for hydroxylation is 1. The molecule has 0 saturated heterocycles. The lowest BCUT2D eigenvalue weighted by Gasteiger charge is -2.38. The van der Waals surface area contributed by atoms with Gasteiger partial charge in [-0.3, -0.25) is 0 Å². The molecule has 0 N–H and O–H groups in total. The summed E-state index contributed by atoms with van der Waals surface area (Å²) in [5.74, 6) is -0.0836. The standard InChI is InChI=1S/C29H43F3/c1-2-3-4-5-6-7-8-9-22-12-16-25(17-13-22)26-18-14-23(15-19-26)10-11-24-20-27(30)29(32)28(31)21-24/h4-5,20-23,25-26H,2-3,6-19H2,1H3. The van der Waals surface area contributed by atoms with E-state index in [9.17, 15) is 13.2 Å².